The quantitative estimate of drug-likeness (QED) is 0.191. The minimum atomic E-state index is -5.08. The monoisotopic (exact) mass is 638 g/mol. The van der Waals surface area contributed by atoms with Crippen molar-refractivity contribution in [2.75, 3.05) is 11.9 Å². The number of fused-ring (bicyclic) bond motifs is 2. The van der Waals surface area contributed by atoms with Crippen LogP contribution >= 0.6 is 11.3 Å². The molecule has 2 aromatic heterocycles. The van der Waals surface area contributed by atoms with Crippen LogP contribution in [0.4, 0.5) is 35.9 Å². The van der Waals surface area contributed by atoms with Crippen molar-refractivity contribution in [1.82, 2.24) is 15.2 Å². The zero-order chi connectivity index (χ0) is 32.3. The van der Waals surface area contributed by atoms with Gasteiger partial charge in [-0.25, -0.2) is 19.0 Å². The van der Waals surface area contributed by atoms with Crippen LogP contribution < -0.4 is 10.1 Å². The van der Waals surface area contributed by atoms with Gasteiger partial charge in [0.05, 0.1) is 28.9 Å². The van der Waals surface area contributed by atoms with E-state index in [2.05, 4.69) is 33.5 Å². The smallest absolute Gasteiger partial charge is 0.490 e. The van der Waals surface area contributed by atoms with E-state index in [0.717, 1.165) is 43.6 Å². The van der Waals surface area contributed by atoms with E-state index in [-0.39, 0.29) is 5.91 Å². The first-order chi connectivity index (χ1) is 19.9. The van der Waals surface area contributed by atoms with Crippen molar-refractivity contribution in [1.29, 1.82) is 0 Å². The van der Waals surface area contributed by atoms with Gasteiger partial charge in [-0.2, -0.15) is 31.4 Å². The number of halogens is 7. The molecule has 0 bridgehead atoms. The second-order valence-electron chi connectivity index (χ2n) is 8.81. The van der Waals surface area contributed by atoms with Gasteiger partial charge in [-0.1, -0.05) is 17.4 Å². The van der Waals surface area contributed by atoms with Gasteiger partial charge in [-0.05, 0) is 55.2 Å². The first kappa shape index (κ1) is 33.0. The van der Waals surface area contributed by atoms with Crippen molar-refractivity contribution < 1.29 is 60.1 Å². The minimum absolute atomic E-state index is 0.292. The third-order valence-electron chi connectivity index (χ3n) is 5.64. The second kappa shape index (κ2) is 12.8. The maximum Gasteiger partial charge on any atom is 0.490 e. The Hall–Kier alpha value is -4.48. The van der Waals surface area contributed by atoms with Crippen LogP contribution in [0.3, 0.4) is 0 Å². The lowest BCUT2D eigenvalue weighted by Crippen LogP contribution is -2.21. The van der Waals surface area contributed by atoms with E-state index < -0.39 is 36.4 Å². The van der Waals surface area contributed by atoms with Crippen molar-refractivity contribution in [2.45, 2.75) is 38.8 Å². The van der Waals surface area contributed by atoms with E-state index in [1.807, 2.05) is 31.3 Å². The number of nitrogens with zero attached hydrogens (tertiary/aromatic N) is 2. The summed E-state index contributed by atoms with van der Waals surface area (Å²) in [7, 11) is 0. The SMILES string of the molecule is CCOc1cc(C)c(-c2ccc3nc(NC(=O)[C@@H]4C[C@@H]4F)sc3c2)c2cn[nH]c12.O=C(O)C(F)(F)F.O=C(O)C(F)(F)F. The van der Waals surface area contributed by atoms with E-state index in [0.29, 0.717) is 18.2 Å². The average Bonchev–Trinajstić information content (AvgIpc) is 3.25. The summed E-state index contributed by atoms with van der Waals surface area (Å²) < 4.78 is 83.3. The number of ether oxygens (including phenoxy) is 1. The number of benzene rings is 2. The number of aliphatic carboxylic acids is 2. The molecule has 0 saturated heterocycles. The molecule has 1 fully saturated rings. The van der Waals surface area contributed by atoms with Gasteiger partial charge < -0.3 is 20.3 Å². The number of nitrogens with one attached hydrogen (secondary N) is 2. The third kappa shape index (κ3) is 8.30. The number of H-pyrrole nitrogens is 1. The van der Waals surface area contributed by atoms with E-state index >= 15 is 0 Å². The molecule has 4 aromatic rings. The van der Waals surface area contributed by atoms with Crippen LogP contribution in [0.5, 0.6) is 5.75 Å². The number of anilines is 1. The third-order valence-corrected chi connectivity index (χ3v) is 6.57. The fraction of sp³-hybridized carbons (Fsp3) is 0.320. The van der Waals surface area contributed by atoms with Gasteiger partial charge in [-0.3, -0.25) is 9.89 Å². The number of thiazole rings is 1. The van der Waals surface area contributed by atoms with Gasteiger partial charge in [0.1, 0.15) is 17.4 Å². The molecule has 43 heavy (non-hydrogen) atoms. The molecule has 0 unspecified atom stereocenters. The number of carboxylic acids is 2. The van der Waals surface area contributed by atoms with Crippen LogP contribution in [-0.2, 0) is 14.4 Å². The van der Waals surface area contributed by atoms with Crippen molar-refractivity contribution in [2.24, 2.45) is 5.92 Å². The molecule has 1 amide bonds. The van der Waals surface area contributed by atoms with Crippen LogP contribution in [0.2, 0.25) is 0 Å². The molecular weight excluding hydrogens is 617 g/mol. The predicted molar refractivity (Wildman–Crippen MR) is 140 cm³/mol. The van der Waals surface area contributed by atoms with Gasteiger partial charge in [0.25, 0.3) is 0 Å². The van der Waals surface area contributed by atoms with E-state index in [9.17, 15) is 35.5 Å². The van der Waals surface area contributed by atoms with Crippen LogP contribution in [0.15, 0.2) is 30.5 Å². The van der Waals surface area contributed by atoms with Crippen molar-refractivity contribution >= 4 is 55.4 Å². The summed E-state index contributed by atoms with van der Waals surface area (Å²) in [5.41, 5.74) is 4.87. The van der Waals surface area contributed by atoms with E-state index in [4.69, 9.17) is 24.5 Å². The molecule has 2 atom stereocenters. The summed E-state index contributed by atoms with van der Waals surface area (Å²) in [6, 6.07) is 8.03. The van der Waals surface area contributed by atoms with E-state index in [1.165, 1.54) is 11.3 Å². The van der Waals surface area contributed by atoms with Gasteiger partial charge in [-0.15, -0.1) is 0 Å². The Morgan fingerprint density at radius 3 is 2.19 bits per heavy atom. The Kier molecular flexibility index (Phi) is 9.83. The summed E-state index contributed by atoms with van der Waals surface area (Å²) in [5, 5.41) is 25.7. The summed E-state index contributed by atoms with van der Waals surface area (Å²) in [6.45, 7) is 4.59. The number of alkyl halides is 7. The highest BCUT2D eigenvalue weighted by Gasteiger charge is 2.44. The molecule has 0 radical (unpaired) electrons. The van der Waals surface area contributed by atoms with Gasteiger partial charge in [0.15, 0.2) is 5.13 Å². The molecular formula is C25H21F7N4O6S. The summed E-state index contributed by atoms with van der Waals surface area (Å²) >= 11 is 1.39. The minimum Gasteiger partial charge on any atom is -0.492 e. The molecule has 2 heterocycles. The molecule has 18 heteroatoms. The van der Waals surface area contributed by atoms with E-state index in [1.54, 1.807) is 0 Å². The van der Waals surface area contributed by atoms with Gasteiger partial charge in [0, 0.05) is 5.39 Å². The Bertz CT molecular complexity index is 1630. The molecule has 5 rings (SSSR count). The number of aromatic amines is 1. The Balaban J connectivity index is 0.000000303. The fourth-order valence-electron chi connectivity index (χ4n) is 3.64. The first-order valence-corrected chi connectivity index (χ1v) is 12.8. The average molecular weight is 639 g/mol. The highest BCUT2D eigenvalue weighted by atomic mass is 32.1. The first-order valence-electron chi connectivity index (χ1n) is 12.0. The number of rotatable bonds is 5. The topological polar surface area (TPSA) is 154 Å². The lowest BCUT2D eigenvalue weighted by molar-refractivity contribution is -0.193. The molecule has 232 valence electrons. The zero-order valence-corrected chi connectivity index (χ0v) is 22.7. The molecule has 1 aliphatic carbocycles. The highest BCUT2D eigenvalue weighted by Crippen LogP contribution is 2.39. The number of carbonyl (C=O) groups is 3. The molecule has 2 aromatic carbocycles. The van der Waals surface area contributed by atoms with Crippen LogP contribution in [0.25, 0.3) is 32.2 Å². The zero-order valence-electron chi connectivity index (χ0n) is 21.9. The Morgan fingerprint density at radius 2 is 1.67 bits per heavy atom. The predicted octanol–water partition coefficient (Wildman–Crippen LogP) is 6.11. The largest absolute Gasteiger partial charge is 0.492 e. The van der Waals surface area contributed by atoms with Gasteiger partial charge in [0.2, 0.25) is 5.91 Å². The molecule has 4 N–H and O–H groups in total. The van der Waals surface area contributed by atoms with Crippen LogP contribution in [-0.4, -0.2) is 68.4 Å². The molecule has 1 aliphatic rings. The Labute approximate surface area is 240 Å². The summed E-state index contributed by atoms with van der Waals surface area (Å²) in [5.74, 6) is -5.55. The number of hydrogen-bond acceptors (Lipinski definition) is 7. The normalized spacial score (nSPS) is 16.0. The van der Waals surface area contributed by atoms with Crippen LogP contribution in [0.1, 0.15) is 18.9 Å². The number of amides is 1. The lowest BCUT2D eigenvalue weighted by atomic mass is 9.96. The number of carbonyl (C=O) groups excluding carboxylic acids is 1. The Morgan fingerprint density at radius 1 is 1.09 bits per heavy atom. The maximum atomic E-state index is 13.1. The molecule has 10 nitrogen and oxygen atoms in total. The second-order valence-corrected chi connectivity index (χ2v) is 9.84. The summed E-state index contributed by atoms with van der Waals surface area (Å²) in [6.07, 6.45) is -9.07. The standard InChI is InChI=1S/C21H19FN4O2S.2C2HF3O2/c1-3-28-16-6-10(2)18(13-9-23-26-19(13)16)11-4-5-15-17(7-11)29-21(24-15)25-20(27)12-8-14(12)22;2*3-2(4,5)1(6)7/h4-7,9,12,14H,3,8H2,1-2H3,(H,23,26)(H,24,25,27);2*(H,6,7)/t12-,14+;;/m1../s1. The highest BCUT2D eigenvalue weighted by molar-refractivity contribution is 7.22. The summed E-state index contributed by atoms with van der Waals surface area (Å²) in [4.78, 5) is 34.2. The lowest BCUT2D eigenvalue weighted by Gasteiger charge is -2.12. The number of aromatic nitrogens is 3. The van der Waals surface area contributed by atoms with Crippen molar-refractivity contribution in [3.05, 3.63) is 36.0 Å². The van der Waals surface area contributed by atoms with Crippen molar-refractivity contribution in [3.63, 3.8) is 0 Å². The number of aryl methyl sites for hydroxylation is 1. The number of carboxylic acid groups (broad SMARTS) is 2. The maximum absolute atomic E-state index is 13.1. The molecule has 0 aliphatic heterocycles. The molecule has 1 saturated carbocycles. The molecule has 0 spiro atoms. The van der Waals surface area contributed by atoms with Crippen molar-refractivity contribution in [3.8, 4) is 16.9 Å². The van der Waals surface area contributed by atoms with Crippen LogP contribution in [0, 0.1) is 12.8 Å². The fourth-order valence-corrected chi connectivity index (χ4v) is 4.54. The van der Waals surface area contributed by atoms with Gasteiger partial charge >= 0.3 is 24.3 Å². The number of hydrogen-bond donors (Lipinski definition) is 4.